The van der Waals surface area contributed by atoms with Gasteiger partial charge < -0.3 is 5.32 Å². The standard InChI is InChI=1S/C9H12N2O2/c1-13-11-9(12)10-7-8-5-3-2-4-6-8/h2-6H,7H2,1H3,(H2,10,11,12). The zero-order valence-corrected chi connectivity index (χ0v) is 7.41. The quantitative estimate of drug-likeness (QED) is 0.683. The van der Waals surface area contributed by atoms with Gasteiger partial charge in [-0.1, -0.05) is 30.3 Å². The van der Waals surface area contributed by atoms with Crippen molar-refractivity contribution in [2.45, 2.75) is 6.54 Å². The molecule has 0 saturated carbocycles. The first-order valence-corrected chi connectivity index (χ1v) is 3.93. The minimum Gasteiger partial charge on any atom is -0.332 e. The second-order valence-corrected chi connectivity index (χ2v) is 2.47. The van der Waals surface area contributed by atoms with Crippen molar-refractivity contribution in [3.8, 4) is 0 Å². The molecule has 4 nitrogen and oxygen atoms in total. The molecule has 0 saturated heterocycles. The molecular weight excluding hydrogens is 168 g/mol. The molecule has 0 atom stereocenters. The molecule has 0 aliphatic carbocycles. The minimum absolute atomic E-state index is 0.341. The molecule has 0 radical (unpaired) electrons. The molecular formula is C9H12N2O2. The van der Waals surface area contributed by atoms with Gasteiger partial charge in [0.2, 0.25) is 0 Å². The van der Waals surface area contributed by atoms with Gasteiger partial charge in [0.15, 0.2) is 0 Å². The predicted octanol–water partition coefficient (Wildman–Crippen LogP) is 1.05. The Morgan fingerprint density at radius 2 is 2.08 bits per heavy atom. The third-order valence-corrected chi connectivity index (χ3v) is 1.49. The normalized spacial score (nSPS) is 9.31. The van der Waals surface area contributed by atoms with E-state index >= 15 is 0 Å². The SMILES string of the molecule is CONC(=O)NCc1ccccc1. The number of hydrogen-bond acceptors (Lipinski definition) is 2. The number of nitrogens with one attached hydrogen (secondary N) is 2. The molecule has 4 heteroatoms. The maximum absolute atomic E-state index is 10.9. The first-order chi connectivity index (χ1) is 6.33. The van der Waals surface area contributed by atoms with Gasteiger partial charge in [0, 0.05) is 6.54 Å². The van der Waals surface area contributed by atoms with E-state index in [0.29, 0.717) is 6.54 Å². The molecule has 0 aliphatic rings. The Labute approximate surface area is 76.9 Å². The molecule has 2 N–H and O–H groups in total. The zero-order valence-electron chi connectivity index (χ0n) is 7.41. The van der Waals surface area contributed by atoms with Gasteiger partial charge in [0.1, 0.15) is 0 Å². The fourth-order valence-corrected chi connectivity index (χ4v) is 0.907. The van der Waals surface area contributed by atoms with E-state index in [2.05, 4.69) is 15.6 Å². The molecule has 0 spiro atoms. The summed E-state index contributed by atoms with van der Waals surface area (Å²) in [6.07, 6.45) is 0. The Morgan fingerprint density at radius 1 is 1.38 bits per heavy atom. The van der Waals surface area contributed by atoms with Crippen molar-refractivity contribution < 1.29 is 9.63 Å². The van der Waals surface area contributed by atoms with Crippen molar-refractivity contribution in [1.82, 2.24) is 10.8 Å². The van der Waals surface area contributed by atoms with E-state index in [4.69, 9.17) is 0 Å². The summed E-state index contributed by atoms with van der Waals surface area (Å²) in [5.41, 5.74) is 3.22. The summed E-state index contributed by atoms with van der Waals surface area (Å²) in [7, 11) is 1.39. The summed E-state index contributed by atoms with van der Waals surface area (Å²) >= 11 is 0. The molecule has 2 amide bonds. The van der Waals surface area contributed by atoms with Crippen LogP contribution >= 0.6 is 0 Å². The van der Waals surface area contributed by atoms with Crippen molar-refractivity contribution in [1.29, 1.82) is 0 Å². The Balaban J connectivity index is 2.31. The van der Waals surface area contributed by atoms with E-state index in [0.717, 1.165) is 5.56 Å². The van der Waals surface area contributed by atoms with Crippen LogP contribution in [0.2, 0.25) is 0 Å². The Morgan fingerprint density at radius 3 is 2.69 bits per heavy atom. The van der Waals surface area contributed by atoms with Crippen molar-refractivity contribution in [3.63, 3.8) is 0 Å². The number of urea groups is 1. The highest BCUT2D eigenvalue weighted by Crippen LogP contribution is 1.96. The smallest absolute Gasteiger partial charge is 0.332 e. The number of hydroxylamine groups is 1. The van der Waals surface area contributed by atoms with Gasteiger partial charge in [-0.3, -0.25) is 4.84 Å². The molecule has 0 aromatic heterocycles. The van der Waals surface area contributed by atoms with E-state index in [1.54, 1.807) is 0 Å². The number of carbonyl (C=O) groups excluding carboxylic acids is 1. The Kier molecular flexibility index (Phi) is 3.78. The number of carbonyl (C=O) groups is 1. The molecule has 0 unspecified atom stereocenters. The van der Waals surface area contributed by atoms with E-state index in [-0.39, 0.29) is 6.03 Å². The van der Waals surface area contributed by atoms with Crippen LogP contribution in [0.5, 0.6) is 0 Å². The maximum Gasteiger partial charge on any atom is 0.338 e. The number of rotatable bonds is 3. The highest BCUT2D eigenvalue weighted by molar-refractivity contribution is 5.72. The molecule has 13 heavy (non-hydrogen) atoms. The van der Waals surface area contributed by atoms with Gasteiger partial charge in [0.25, 0.3) is 0 Å². The highest BCUT2D eigenvalue weighted by Gasteiger charge is 1.97. The largest absolute Gasteiger partial charge is 0.338 e. The summed E-state index contributed by atoms with van der Waals surface area (Å²) in [6, 6.07) is 9.31. The third-order valence-electron chi connectivity index (χ3n) is 1.49. The van der Waals surface area contributed by atoms with Crippen LogP contribution in [-0.4, -0.2) is 13.1 Å². The Hall–Kier alpha value is -1.55. The molecule has 1 aromatic rings. The first-order valence-electron chi connectivity index (χ1n) is 3.93. The third kappa shape index (κ3) is 3.57. The summed E-state index contributed by atoms with van der Waals surface area (Å²) in [5, 5.41) is 2.62. The summed E-state index contributed by atoms with van der Waals surface area (Å²) < 4.78 is 0. The number of hydrogen-bond donors (Lipinski definition) is 2. The van der Waals surface area contributed by atoms with Crippen LogP contribution in [0, 0.1) is 0 Å². The average Bonchev–Trinajstić information content (AvgIpc) is 2.17. The second-order valence-electron chi connectivity index (χ2n) is 2.47. The van der Waals surface area contributed by atoms with Crippen LogP contribution in [0.25, 0.3) is 0 Å². The molecule has 1 aromatic carbocycles. The predicted molar refractivity (Wildman–Crippen MR) is 48.8 cm³/mol. The zero-order chi connectivity index (χ0) is 9.52. The number of benzene rings is 1. The van der Waals surface area contributed by atoms with Gasteiger partial charge in [-0.25, -0.2) is 10.3 Å². The topological polar surface area (TPSA) is 50.4 Å². The number of amides is 2. The van der Waals surface area contributed by atoms with Gasteiger partial charge >= 0.3 is 6.03 Å². The molecule has 0 bridgehead atoms. The highest BCUT2D eigenvalue weighted by atomic mass is 16.6. The summed E-state index contributed by atoms with van der Waals surface area (Å²) in [4.78, 5) is 15.3. The van der Waals surface area contributed by atoms with Crippen LogP contribution in [0.4, 0.5) is 4.79 Å². The lowest BCUT2D eigenvalue weighted by Gasteiger charge is -2.04. The molecule has 0 heterocycles. The minimum atomic E-state index is -0.341. The van der Waals surface area contributed by atoms with Gasteiger partial charge in [0.05, 0.1) is 7.11 Å². The van der Waals surface area contributed by atoms with Crippen molar-refractivity contribution in [2.24, 2.45) is 0 Å². The molecule has 0 fully saturated rings. The fraction of sp³-hybridized carbons (Fsp3) is 0.222. The van der Waals surface area contributed by atoms with Crippen molar-refractivity contribution >= 4 is 6.03 Å². The lowest BCUT2D eigenvalue weighted by Crippen LogP contribution is -2.34. The van der Waals surface area contributed by atoms with E-state index in [9.17, 15) is 4.79 Å². The van der Waals surface area contributed by atoms with Crippen LogP contribution in [0.3, 0.4) is 0 Å². The van der Waals surface area contributed by atoms with Gasteiger partial charge in [-0.05, 0) is 5.56 Å². The summed E-state index contributed by atoms with van der Waals surface area (Å²) in [5.74, 6) is 0. The van der Waals surface area contributed by atoms with Gasteiger partial charge in [-0.15, -0.1) is 0 Å². The lowest BCUT2D eigenvalue weighted by molar-refractivity contribution is 0.107. The van der Waals surface area contributed by atoms with Crippen LogP contribution in [0.15, 0.2) is 30.3 Å². The Bertz CT molecular complexity index is 262. The van der Waals surface area contributed by atoms with Crippen LogP contribution < -0.4 is 10.8 Å². The average molecular weight is 180 g/mol. The summed E-state index contributed by atoms with van der Waals surface area (Å²) in [6.45, 7) is 0.496. The lowest BCUT2D eigenvalue weighted by atomic mass is 10.2. The molecule has 70 valence electrons. The van der Waals surface area contributed by atoms with Crippen molar-refractivity contribution in [3.05, 3.63) is 35.9 Å². The van der Waals surface area contributed by atoms with E-state index in [1.165, 1.54) is 7.11 Å². The van der Waals surface area contributed by atoms with Gasteiger partial charge in [-0.2, -0.15) is 0 Å². The van der Waals surface area contributed by atoms with Crippen LogP contribution in [-0.2, 0) is 11.4 Å². The molecule has 1 rings (SSSR count). The van der Waals surface area contributed by atoms with Crippen LogP contribution in [0.1, 0.15) is 5.56 Å². The van der Waals surface area contributed by atoms with E-state index in [1.807, 2.05) is 30.3 Å². The van der Waals surface area contributed by atoms with Crippen molar-refractivity contribution in [2.75, 3.05) is 7.11 Å². The second kappa shape index (κ2) is 5.16. The van der Waals surface area contributed by atoms with E-state index < -0.39 is 0 Å². The fourth-order valence-electron chi connectivity index (χ4n) is 0.907. The monoisotopic (exact) mass is 180 g/mol. The first kappa shape index (κ1) is 9.54. The maximum atomic E-state index is 10.9. The molecule has 0 aliphatic heterocycles.